The quantitative estimate of drug-likeness (QED) is 0.578. The Morgan fingerprint density at radius 2 is 1.80 bits per heavy atom. The highest BCUT2D eigenvalue weighted by atomic mass is 16.5. The summed E-state index contributed by atoms with van der Waals surface area (Å²) in [5, 5.41) is 5.87. The van der Waals surface area contributed by atoms with Gasteiger partial charge in [-0.25, -0.2) is 0 Å². The third-order valence-corrected chi connectivity index (χ3v) is 6.42. The Morgan fingerprint density at radius 1 is 1.00 bits per heavy atom. The average molecular weight is 479 g/mol. The molecule has 35 heavy (non-hydrogen) atoms. The molecule has 1 saturated heterocycles. The Kier molecular flexibility index (Phi) is 8.36. The molecule has 0 spiro atoms. The van der Waals surface area contributed by atoms with Gasteiger partial charge in [0.15, 0.2) is 0 Å². The molecule has 0 radical (unpaired) electrons. The van der Waals surface area contributed by atoms with E-state index in [1.165, 1.54) is 0 Å². The molecule has 2 aromatic rings. The summed E-state index contributed by atoms with van der Waals surface area (Å²) in [5.41, 5.74) is 2.28. The van der Waals surface area contributed by atoms with Gasteiger partial charge in [0.25, 0.3) is 5.91 Å². The Bertz CT molecular complexity index is 1040. The smallest absolute Gasteiger partial charge is 0.251 e. The van der Waals surface area contributed by atoms with E-state index in [1.54, 1.807) is 31.4 Å². The molecule has 1 aliphatic heterocycles. The van der Waals surface area contributed by atoms with Crippen LogP contribution in [-0.4, -0.2) is 73.4 Å². The van der Waals surface area contributed by atoms with Crippen LogP contribution in [0.15, 0.2) is 48.5 Å². The molecule has 0 bridgehead atoms. The molecule has 2 aliphatic rings. The van der Waals surface area contributed by atoms with Gasteiger partial charge < -0.3 is 20.3 Å². The summed E-state index contributed by atoms with van der Waals surface area (Å²) in [6, 6.07) is 15.1. The number of aryl methyl sites for hydroxylation is 1. The number of hydrogen-bond acceptors (Lipinski definition) is 5. The molecule has 0 unspecified atom stereocenters. The number of amides is 3. The molecule has 2 fully saturated rings. The van der Waals surface area contributed by atoms with E-state index >= 15 is 0 Å². The molecular weight excluding hydrogens is 444 g/mol. The highest BCUT2D eigenvalue weighted by Gasteiger charge is 2.24. The molecule has 1 aliphatic carbocycles. The summed E-state index contributed by atoms with van der Waals surface area (Å²) < 4.78 is 5.18. The number of methoxy groups -OCH3 is 1. The molecule has 1 saturated carbocycles. The third-order valence-electron chi connectivity index (χ3n) is 6.42. The van der Waals surface area contributed by atoms with Gasteiger partial charge in [0.2, 0.25) is 11.8 Å². The third kappa shape index (κ3) is 7.55. The van der Waals surface area contributed by atoms with Crippen molar-refractivity contribution in [2.45, 2.75) is 38.1 Å². The number of carbonyl (C=O) groups excluding carboxylic acids is 3. The van der Waals surface area contributed by atoms with E-state index in [4.69, 9.17) is 4.74 Å². The van der Waals surface area contributed by atoms with Gasteiger partial charge in [0.05, 0.1) is 13.7 Å². The maximum absolute atomic E-state index is 12.7. The first-order valence-electron chi connectivity index (χ1n) is 12.3. The van der Waals surface area contributed by atoms with Crippen LogP contribution in [0.5, 0.6) is 5.75 Å². The number of anilines is 1. The van der Waals surface area contributed by atoms with Gasteiger partial charge in [-0.15, -0.1) is 0 Å². The van der Waals surface area contributed by atoms with Crippen LogP contribution in [0.2, 0.25) is 0 Å². The van der Waals surface area contributed by atoms with Gasteiger partial charge in [-0.2, -0.15) is 0 Å². The van der Waals surface area contributed by atoms with E-state index in [0.717, 1.165) is 37.1 Å². The van der Waals surface area contributed by atoms with E-state index in [0.29, 0.717) is 43.7 Å². The number of hydrogen-bond donors (Lipinski definition) is 2. The van der Waals surface area contributed by atoms with Crippen LogP contribution >= 0.6 is 0 Å². The lowest BCUT2D eigenvalue weighted by atomic mass is 10.1. The number of nitrogens with one attached hydrogen (secondary N) is 2. The first-order valence-corrected chi connectivity index (χ1v) is 12.3. The molecule has 8 nitrogen and oxygen atoms in total. The number of rotatable bonds is 9. The molecule has 2 aromatic carbocycles. The van der Waals surface area contributed by atoms with E-state index in [2.05, 4.69) is 15.5 Å². The Balaban J connectivity index is 1.21. The molecule has 186 valence electrons. The van der Waals surface area contributed by atoms with Crippen molar-refractivity contribution in [3.63, 3.8) is 0 Å². The van der Waals surface area contributed by atoms with Crippen LogP contribution in [0, 0.1) is 0 Å². The van der Waals surface area contributed by atoms with Gasteiger partial charge in [-0.05, 0) is 61.6 Å². The second kappa shape index (κ2) is 11.8. The zero-order chi connectivity index (χ0) is 24.6. The Labute approximate surface area is 206 Å². The summed E-state index contributed by atoms with van der Waals surface area (Å²) in [6.07, 6.45) is 4.06. The van der Waals surface area contributed by atoms with Crippen molar-refractivity contribution in [1.82, 2.24) is 15.1 Å². The highest BCUT2D eigenvalue weighted by molar-refractivity contribution is 5.97. The van der Waals surface area contributed by atoms with Gasteiger partial charge in [0.1, 0.15) is 5.75 Å². The molecular formula is C27H34N4O4. The molecule has 0 aromatic heterocycles. The van der Waals surface area contributed by atoms with Gasteiger partial charge in [0, 0.05) is 49.9 Å². The summed E-state index contributed by atoms with van der Waals surface area (Å²) in [7, 11) is 1.64. The fourth-order valence-electron chi connectivity index (χ4n) is 4.22. The molecule has 0 atom stereocenters. The first-order chi connectivity index (χ1) is 17.0. The lowest BCUT2D eigenvalue weighted by Crippen LogP contribution is -2.38. The van der Waals surface area contributed by atoms with Crippen LogP contribution in [0.25, 0.3) is 0 Å². The molecule has 2 N–H and O–H groups in total. The summed E-state index contributed by atoms with van der Waals surface area (Å²) in [4.78, 5) is 41.6. The van der Waals surface area contributed by atoms with Crippen molar-refractivity contribution in [2.24, 2.45) is 0 Å². The van der Waals surface area contributed by atoms with Crippen LogP contribution in [0.3, 0.4) is 0 Å². The zero-order valence-corrected chi connectivity index (χ0v) is 20.3. The van der Waals surface area contributed by atoms with E-state index in [1.807, 2.05) is 29.2 Å². The molecule has 4 rings (SSSR count). The lowest BCUT2D eigenvalue weighted by molar-refractivity contribution is -0.131. The highest BCUT2D eigenvalue weighted by Crippen LogP contribution is 2.20. The van der Waals surface area contributed by atoms with E-state index < -0.39 is 0 Å². The minimum absolute atomic E-state index is 0.104. The topological polar surface area (TPSA) is 91.0 Å². The minimum Gasteiger partial charge on any atom is -0.497 e. The number of benzene rings is 2. The maximum Gasteiger partial charge on any atom is 0.251 e. The minimum atomic E-state index is -0.121. The SMILES string of the molecule is COc1ccc(CCC(=O)N2CCCN(CC(=O)Nc3cccc(C(=O)NC4CC4)c3)CC2)cc1. The van der Waals surface area contributed by atoms with E-state index in [-0.39, 0.29) is 30.3 Å². The van der Waals surface area contributed by atoms with Crippen LogP contribution in [0.4, 0.5) is 5.69 Å². The van der Waals surface area contributed by atoms with Crippen LogP contribution in [-0.2, 0) is 16.0 Å². The van der Waals surface area contributed by atoms with Crippen molar-refractivity contribution in [3.8, 4) is 5.75 Å². The molecule has 1 heterocycles. The normalized spacial score (nSPS) is 16.3. The number of nitrogens with zero attached hydrogens (tertiary/aromatic N) is 2. The standard InChI is InChI=1S/C27H34N4O4/c1-35-24-11-6-20(7-12-24)8-13-26(33)31-15-3-14-30(16-17-31)19-25(32)28-23-5-2-4-21(18-23)27(34)29-22-9-10-22/h2,4-7,11-12,18,22H,3,8-10,13-17,19H2,1H3,(H,28,32)(H,29,34). The summed E-state index contributed by atoms with van der Waals surface area (Å²) >= 11 is 0. The maximum atomic E-state index is 12.7. The van der Waals surface area contributed by atoms with Gasteiger partial charge in [-0.3, -0.25) is 19.3 Å². The van der Waals surface area contributed by atoms with Crippen LogP contribution in [0.1, 0.15) is 41.6 Å². The Morgan fingerprint density at radius 3 is 2.54 bits per heavy atom. The fourth-order valence-corrected chi connectivity index (χ4v) is 4.22. The van der Waals surface area contributed by atoms with Crippen molar-refractivity contribution >= 4 is 23.4 Å². The molecule has 3 amide bonds. The number of ether oxygens (including phenoxy) is 1. The average Bonchev–Trinajstić information content (AvgIpc) is 3.70. The van der Waals surface area contributed by atoms with Crippen molar-refractivity contribution in [2.75, 3.05) is 45.2 Å². The number of carbonyl (C=O) groups is 3. The van der Waals surface area contributed by atoms with Gasteiger partial charge in [-0.1, -0.05) is 18.2 Å². The largest absolute Gasteiger partial charge is 0.497 e. The lowest BCUT2D eigenvalue weighted by Gasteiger charge is -2.22. The zero-order valence-electron chi connectivity index (χ0n) is 20.3. The summed E-state index contributed by atoms with van der Waals surface area (Å²) in [6.45, 7) is 3.00. The molecule has 8 heteroatoms. The second-order valence-electron chi connectivity index (χ2n) is 9.24. The van der Waals surface area contributed by atoms with Crippen LogP contribution < -0.4 is 15.4 Å². The van der Waals surface area contributed by atoms with Gasteiger partial charge >= 0.3 is 0 Å². The van der Waals surface area contributed by atoms with Crippen molar-refractivity contribution < 1.29 is 19.1 Å². The monoisotopic (exact) mass is 478 g/mol. The van der Waals surface area contributed by atoms with Crippen molar-refractivity contribution in [3.05, 3.63) is 59.7 Å². The first kappa shape index (κ1) is 24.7. The Hall–Kier alpha value is -3.39. The fraction of sp³-hybridized carbons (Fsp3) is 0.444. The predicted octanol–water partition coefficient (Wildman–Crippen LogP) is 2.69. The van der Waals surface area contributed by atoms with Crippen molar-refractivity contribution in [1.29, 1.82) is 0 Å². The predicted molar refractivity (Wildman–Crippen MR) is 135 cm³/mol. The summed E-state index contributed by atoms with van der Waals surface area (Å²) in [5.74, 6) is 0.730. The second-order valence-corrected chi connectivity index (χ2v) is 9.24. The van der Waals surface area contributed by atoms with E-state index in [9.17, 15) is 14.4 Å².